The summed E-state index contributed by atoms with van der Waals surface area (Å²) in [5.74, 6) is -0.358. The van der Waals surface area contributed by atoms with Gasteiger partial charge in [-0.3, -0.25) is 9.59 Å². The van der Waals surface area contributed by atoms with Gasteiger partial charge in [0.25, 0.3) is 5.91 Å². The molecule has 0 aliphatic carbocycles. The quantitative estimate of drug-likeness (QED) is 0.837. The molecule has 5 nitrogen and oxygen atoms in total. The molecule has 0 radical (unpaired) electrons. The lowest BCUT2D eigenvalue weighted by molar-refractivity contribution is -0.116. The summed E-state index contributed by atoms with van der Waals surface area (Å²) >= 11 is 0. The van der Waals surface area contributed by atoms with E-state index in [4.69, 9.17) is 4.74 Å². The molecule has 1 fully saturated rings. The molecule has 26 heavy (non-hydrogen) atoms. The van der Waals surface area contributed by atoms with Crippen LogP contribution in [0.2, 0.25) is 0 Å². The first kappa shape index (κ1) is 20.4. The molecule has 144 valence electrons. The Balaban J connectivity index is 2.03. The summed E-state index contributed by atoms with van der Waals surface area (Å²) in [5, 5.41) is 2.56. The third-order valence-electron chi connectivity index (χ3n) is 4.24. The summed E-state index contributed by atoms with van der Waals surface area (Å²) in [4.78, 5) is 26.2. The first-order valence-corrected chi connectivity index (χ1v) is 9.26. The lowest BCUT2D eigenvalue weighted by atomic mass is 10.0. The number of carbonyl (C=O) groups excluding carboxylic acids is 2. The maximum absolute atomic E-state index is 14.3. The highest BCUT2D eigenvalue weighted by Gasteiger charge is 2.26. The molecule has 1 N–H and O–H groups in total. The van der Waals surface area contributed by atoms with Crippen molar-refractivity contribution in [2.24, 2.45) is 11.8 Å². The van der Waals surface area contributed by atoms with Gasteiger partial charge in [-0.05, 0) is 36.5 Å². The number of hydrogen-bond donors (Lipinski definition) is 1. The lowest BCUT2D eigenvalue weighted by Crippen LogP contribution is -2.46. The van der Waals surface area contributed by atoms with E-state index in [-0.39, 0.29) is 35.1 Å². The van der Waals surface area contributed by atoms with Crippen LogP contribution >= 0.6 is 0 Å². The number of anilines is 1. The number of ether oxygens (including phenoxy) is 1. The van der Waals surface area contributed by atoms with E-state index in [9.17, 15) is 14.0 Å². The largest absolute Gasteiger partial charge is 0.375 e. The Kier molecular flexibility index (Phi) is 7.14. The first-order valence-electron chi connectivity index (χ1n) is 9.26. The summed E-state index contributed by atoms with van der Waals surface area (Å²) < 4.78 is 20.0. The van der Waals surface area contributed by atoms with Crippen molar-refractivity contribution < 1.29 is 18.7 Å². The Morgan fingerprint density at radius 2 is 2.00 bits per heavy atom. The molecule has 6 heteroatoms. The third-order valence-corrected chi connectivity index (χ3v) is 4.24. The molecule has 1 saturated heterocycles. The van der Waals surface area contributed by atoms with Crippen molar-refractivity contribution >= 4 is 17.5 Å². The number of nitrogens with zero attached hydrogens (tertiary/aromatic N) is 1. The fourth-order valence-electron chi connectivity index (χ4n) is 3.08. The highest BCUT2D eigenvalue weighted by Crippen LogP contribution is 2.20. The maximum Gasteiger partial charge on any atom is 0.254 e. The van der Waals surface area contributed by atoms with Crippen LogP contribution < -0.4 is 5.32 Å². The smallest absolute Gasteiger partial charge is 0.254 e. The van der Waals surface area contributed by atoms with Crippen LogP contribution in [0.4, 0.5) is 10.1 Å². The highest BCUT2D eigenvalue weighted by molar-refractivity contribution is 5.96. The second kappa shape index (κ2) is 9.12. The Morgan fingerprint density at radius 1 is 1.27 bits per heavy atom. The van der Waals surface area contributed by atoms with Gasteiger partial charge >= 0.3 is 0 Å². The minimum absolute atomic E-state index is 0.0205. The number of rotatable bonds is 6. The van der Waals surface area contributed by atoms with Gasteiger partial charge in [-0.25, -0.2) is 4.39 Å². The molecule has 0 bridgehead atoms. The monoisotopic (exact) mass is 364 g/mol. The number of benzene rings is 1. The van der Waals surface area contributed by atoms with Crippen molar-refractivity contribution in [2.75, 3.05) is 25.0 Å². The van der Waals surface area contributed by atoms with E-state index in [0.717, 1.165) is 6.42 Å². The van der Waals surface area contributed by atoms with Gasteiger partial charge in [0, 0.05) is 25.1 Å². The van der Waals surface area contributed by atoms with Crippen LogP contribution in [0.1, 0.15) is 50.9 Å². The van der Waals surface area contributed by atoms with Gasteiger partial charge in [0.2, 0.25) is 5.91 Å². The van der Waals surface area contributed by atoms with Crippen LogP contribution in [0.25, 0.3) is 0 Å². The minimum atomic E-state index is -0.597. The fraction of sp³-hybridized carbons (Fsp3) is 0.600. The predicted octanol–water partition coefficient (Wildman–Crippen LogP) is 3.70. The zero-order chi connectivity index (χ0) is 19.3. The predicted molar refractivity (Wildman–Crippen MR) is 99.6 cm³/mol. The Morgan fingerprint density at radius 3 is 2.62 bits per heavy atom. The molecule has 2 amide bonds. The molecule has 0 aromatic heterocycles. The maximum atomic E-state index is 14.3. The van der Waals surface area contributed by atoms with Gasteiger partial charge in [0.15, 0.2) is 0 Å². The van der Waals surface area contributed by atoms with Crippen molar-refractivity contribution in [3.63, 3.8) is 0 Å². The molecule has 1 aliphatic heterocycles. The summed E-state index contributed by atoms with van der Waals surface area (Å²) in [6, 6.07) is 4.20. The number of hydrogen-bond acceptors (Lipinski definition) is 3. The van der Waals surface area contributed by atoms with Crippen molar-refractivity contribution in [2.45, 2.75) is 46.6 Å². The average molecular weight is 364 g/mol. The molecule has 1 aromatic rings. The van der Waals surface area contributed by atoms with E-state index in [1.807, 2.05) is 13.8 Å². The van der Waals surface area contributed by atoms with Crippen molar-refractivity contribution in [3.8, 4) is 0 Å². The van der Waals surface area contributed by atoms with Crippen molar-refractivity contribution in [1.82, 2.24) is 4.90 Å². The van der Waals surface area contributed by atoms with Crippen LogP contribution in [0.3, 0.4) is 0 Å². The topological polar surface area (TPSA) is 58.6 Å². The Hall–Kier alpha value is -1.95. The average Bonchev–Trinajstić information content (AvgIpc) is 2.55. The van der Waals surface area contributed by atoms with E-state index in [1.165, 1.54) is 12.1 Å². The molecule has 1 atom stereocenters. The standard InChI is InChI=1S/C20H29FN2O3/c1-13(2)9-16-12-23(7-8-26-16)20(25)15-5-6-18(17(21)11-15)22-19(24)10-14(3)4/h5-6,11,13-14,16H,7-10,12H2,1-4H3,(H,22,24). The van der Waals surface area contributed by atoms with Gasteiger partial charge in [0.05, 0.1) is 18.4 Å². The third kappa shape index (κ3) is 5.80. The number of amides is 2. The molecular weight excluding hydrogens is 335 g/mol. The molecule has 1 unspecified atom stereocenters. The van der Waals surface area contributed by atoms with Crippen molar-refractivity contribution in [1.29, 1.82) is 0 Å². The summed E-state index contributed by atoms with van der Waals surface area (Å²) in [6.45, 7) is 9.60. The van der Waals surface area contributed by atoms with E-state index in [1.54, 1.807) is 11.0 Å². The van der Waals surface area contributed by atoms with Crippen LogP contribution in [0.5, 0.6) is 0 Å². The van der Waals surface area contributed by atoms with Crippen LogP contribution in [-0.2, 0) is 9.53 Å². The minimum Gasteiger partial charge on any atom is -0.375 e. The van der Waals surface area contributed by atoms with Gasteiger partial charge in [-0.2, -0.15) is 0 Å². The van der Waals surface area contributed by atoms with Crippen LogP contribution in [0, 0.1) is 17.7 Å². The number of halogens is 1. The van der Waals surface area contributed by atoms with Gasteiger partial charge in [-0.15, -0.1) is 0 Å². The molecule has 1 aromatic carbocycles. The van der Waals surface area contributed by atoms with Crippen molar-refractivity contribution in [3.05, 3.63) is 29.6 Å². The molecule has 2 rings (SSSR count). The Labute approximate surface area is 154 Å². The van der Waals surface area contributed by atoms with E-state index in [2.05, 4.69) is 19.2 Å². The zero-order valence-corrected chi connectivity index (χ0v) is 16.0. The molecular formula is C20H29FN2O3. The lowest BCUT2D eigenvalue weighted by Gasteiger charge is -2.33. The zero-order valence-electron chi connectivity index (χ0n) is 16.0. The molecule has 0 spiro atoms. The molecule has 1 heterocycles. The summed E-state index contributed by atoms with van der Waals surface area (Å²) in [6.07, 6.45) is 1.23. The second-order valence-corrected chi connectivity index (χ2v) is 7.71. The van der Waals surface area contributed by atoms with E-state index in [0.29, 0.717) is 32.0 Å². The Bertz CT molecular complexity index is 646. The van der Waals surface area contributed by atoms with Gasteiger partial charge in [-0.1, -0.05) is 27.7 Å². The number of morpholine rings is 1. The van der Waals surface area contributed by atoms with Gasteiger partial charge < -0.3 is 15.0 Å². The number of carbonyl (C=O) groups is 2. The summed E-state index contributed by atoms with van der Waals surface area (Å²) in [7, 11) is 0. The fourth-order valence-corrected chi connectivity index (χ4v) is 3.08. The molecule has 0 saturated carbocycles. The second-order valence-electron chi connectivity index (χ2n) is 7.71. The SMILES string of the molecule is CC(C)CC(=O)Nc1ccc(C(=O)N2CCOC(CC(C)C)C2)cc1F. The van der Waals surface area contributed by atoms with E-state index >= 15 is 0 Å². The normalized spacial score (nSPS) is 17.7. The number of nitrogens with one attached hydrogen (secondary N) is 1. The van der Waals surface area contributed by atoms with Crippen LogP contribution in [0.15, 0.2) is 18.2 Å². The van der Waals surface area contributed by atoms with Crippen LogP contribution in [-0.4, -0.2) is 42.5 Å². The van der Waals surface area contributed by atoms with Gasteiger partial charge in [0.1, 0.15) is 5.82 Å². The highest BCUT2D eigenvalue weighted by atomic mass is 19.1. The summed E-state index contributed by atoms with van der Waals surface area (Å²) in [5.41, 5.74) is 0.390. The first-order chi connectivity index (χ1) is 12.3. The molecule has 1 aliphatic rings. The van der Waals surface area contributed by atoms with E-state index < -0.39 is 5.82 Å².